The Hall–Kier alpha value is -0.420. The number of hydrogen-bond acceptors (Lipinski definition) is 4. The fraction of sp³-hybridized carbons (Fsp3) is 0.929. The highest BCUT2D eigenvalue weighted by atomic mass is 16.6. The molecule has 0 unspecified atom stereocenters. The van der Waals surface area contributed by atoms with Crippen LogP contribution in [-0.4, -0.2) is 45.3 Å². The van der Waals surface area contributed by atoms with Crippen LogP contribution in [-0.2, 0) is 4.74 Å². The van der Waals surface area contributed by atoms with Gasteiger partial charge in [0.15, 0.2) is 0 Å². The van der Waals surface area contributed by atoms with Gasteiger partial charge in [0, 0.05) is 0 Å². The molecule has 4 aliphatic carbocycles. The Morgan fingerprint density at radius 2 is 1.78 bits per heavy atom. The van der Waals surface area contributed by atoms with Crippen LogP contribution in [0.1, 0.15) is 86.5 Å². The average Bonchev–Trinajstić information content (AvgIpc) is 3.44. The molecule has 4 fully saturated rings. The Balaban J connectivity index is 1.41. The van der Waals surface area contributed by atoms with Crippen LogP contribution in [0.3, 0.4) is 0 Å². The highest BCUT2D eigenvalue weighted by Crippen LogP contribution is 2.67. The second kappa shape index (κ2) is 7.54. The lowest BCUT2D eigenvalue weighted by atomic mass is 9.47. The van der Waals surface area contributed by atoms with E-state index in [1.807, 2.05) is 6.92 Å². The Bertz CT molecular complexity index is 773. The molecule has 0 bridgehead atoms. The van der Waals surface area contributed by atoms with Gasteiger partial charge in [-0.15, -0.1) is 0 Å². The van der Waals surface area contributed by atoms with Gasteiger partial charge in [-0.1, -0.05) is 46.3 Å². The van der Waals surface area contributed by atoms with Gasteiger partial charge in [-0.25, -0.2) is 0 Å². The maximum absolute atomic E-state index is 11.9. The third-order valence-corrected chi connectivity index (χ3v) is 11.4. The molecule has 0 aromatic rings. The summed E-state index contributed by atoms with van der Waals surface area (Å²) in [5.41, 5.74) is 0.821. The number of rotatable bonds is 4. The predicted octanol–water partition coefficient (Wildman–Crippen LogP) is 4.71. The molecule has 5 rings (SSSR count). The zero-order valence-electron chi connectivity index (χ0n) is 21.1. The lowest BCUT2D eigenvalue weighted by molar-refractivity contribution is -0.102. The first-order valence-electron chi connectivity index (χ1n) is 13.4. The molecule has 0 aromatic heterocycles. The molecule has 5 aliphatic rings. The van der Waals surface area contributed by atoms with Crippen LogP contribution in [0.15, 0.2) is 11.6 Å². The van der Waals surface area contributed by atoms with E-state index < -0.39 is 5.60 Å². The number of allylic oxidation sites excluding steroid dienone is 2. The van der Waals surface area contributed by atoms with Crippen molar-refractivity contribution >= 4 is 0 Å². The molecule has 0 aromatic carbocycles. The summed E-state index contributed by atoms with van der Waals surface area (Å²) >= 11 is 0. The first kappa shape index (κ1) is 23.3. The molecule has 1 aliphatic heterocycles. The van der Waals surface area contributed by atoms with Crippen LogP contribution in [0, 0.1) is 46.3 Å². The number of ether oxygens (including phenoxy) is 1. The molecule has 182 valence electrons. The molecule has 12 atom stereocenters. The van der Waals surface area contributed by atoms with E-state index in [-0.39, 0.29) is 47.1 Å². The first-order valence-corrected chi connectivity index (χ1v) is 13.4. The molecule has 1 saturated heterocycles. The van der Waals surface area contributed by atoms with Gasteiger partial charge in [-0.2, -0.15) is 0 Å². The standard InChI is InChI=1S/C28H46O4/c1-15(2)16(3)24-25(32-24)28(6,31)23-8-7-19-18-14-22(30)21-13-17(29)9-11-26(21,4)20(18)10-12-27(19,23)5/h10,15-19,21-25,29-31H,7-9,11-14H2,1-6H3/t16-,17-,18-,19-,21+,22-,23-,24+,25+,26+,27-,28+/m0/s1. The fourth-order valence-corrected chi connectivity index (χ4v) is 9.08. The molecule has 3 N–H and O–H groups in total. The smallest absolute Gasteiger partial charge is 0.113 e. The maximum atomic E-state index is 11.9. The first-order chi connectivity index (χ1) is 14.9. The average molecular weight is 447 g/mol. The predicted molar refractivity (Wildman–Crippen MR) is 126 cm³/mol. The van der Waals surface area contributed by atoms with E-state index in [9.17, 15) is 15.3 Å². The molecule has 4 nitrogen and oxygen atoms in total. The van der Waals surface area contributed by atoms with Crippen LogP contribution < -0.4 is 0 Å². The van der Waals surface area contributed by atoms with Crippen molar-refractivity contribution in [2.24, 2.45) is 46.3 Å². The number of hydrogen-bond donors (Lipinski definition) is 3. The van der Waals surface area contributed by atoms with Crippen molar-refractivity contribution in [1.29, 1.82) is 0 Å². The number of epoxide rings is 1. The van der Waals surface area contributed by atoms with Crippen molar-refractivity contribution < 1.29 is 20.1 Å². The van der Waals surface area contributed by atoms with E-state index in [1.165, 1.54) is 0 Å². The third-order valence-electron chi connectivity index (χ3n) is 11.4. The summed E-state index contributed by atoms with van der Waals surface area (Å²) in [6, 6.07) is 0. The van der Waals surface area contributed by atoms with Gasteiger partial charge < -0.3 is 20.1 Å². The Morgan fingerprint density at radius 1 is 1.06 bits per heavy atom. The molecule has 4 heteroatoms. The minimum Gasteiger partial charge on any atom is -0.393 e. The Kier molecular flexibility index (Phi) is 5.49. The van der Waals surface area contributed by atoms with Crippen LogP contribution in [0.5, 0.6) is 0 Å². The van der Waals surface area contributed by atoms with Crippen molar-refractivity contribution in [3.8, 4) is 0 Å². The lowest BCUT2D eigenvalue weighted by Gasteiger charge is -2.58. The zero-order chi connectivity index (χ0) is 23.2. The van der Waals surface area contributed by atoms with E-state index in [4.69, 9.17) is 4.74 Å². The van der Waals surface area contributed by atoms with E-state index >= 15 is 0 Å². The van der Waals surface area contributed by atoms with Crippen LogP contribution in [0.2, 0.25) is 0 Å². The maximum Gasteiger partial charge on any atom is 0.113 e. The van der Waals surface area contributed by atoms with Crippen molar-refractivity contribution in [1.82, 2.24) is 0 Å². The quantitative estimate of drug-likeness (QED) is 0.432. The number of fused-ring (bicyclic) bond motifs is 5. The van der Waals surface area contributed by atoms with E-state index in [0.717, 1.165) is 44.9 Å². The molecular formula is C28H46O4. The monoisotopic (exact) mass is 446 g/mol. The summed E-state index contributed by atoms with van der Waals surface area (Å²) in [5, 5.41) is 33.3. The molecule has 32 heavy (non-hydrogen) atoms. The van der Waals surface area contributed by atoms with Crippen LogP contribution in [0.4, 0.5) is 0 Å². The van der Waals surface area contributed by atoms with E-state index in [0.29, 0.717) is 23.7 Å². The Morgan fingerprint density at radius 3 is 2.47 bits per heavy atom. The minimum atomic E-state index is -0.808. The SMILES string of the molecule is CC(C)[C@H](C)[C@H]1O[C@H]1[C@](C)(O)[C@H]1CC[C@H]2[C@@H]3C[C@H](O)[C@H]4C[C@@H](O)CC[C@]4(C)C3=CC[C@]12C. The van der Waals surface area contributed by atoms with Gasteiger partial charge in [0.2, 0.25) is 0 Å². The second-order valence-electron chi connectivity index (χ2n) is 13.3. The summed E-state index contributed by atoms with van der Waals surface area (Å²) in [6.07, 6.45) is 8.60. The highest BCUT2D eigenvalue weighted by Gasteiger charge is 2.66. The van der Waals surface area contributed by atoms with Crippen molar-refractivity contribution in [3.05, 3.63) is 11.6 Å². The van der Waals surface area contributed by atoms with E-state index in [1.54, 1.807) is 5.57 Å². The summed E-state index contributed by atoms with van der Waals surface area (Å²) in [4.78, 5) is 0. The molecular weight excluding hydrogens is 400 g/mol. The van der Waals surface area contributed by atoms with Gasteiger partial charge in [0.1, 0.15) is 6.10 Å². The normalized spacial score (nSPS) is 53.0. The summed E-state index contributed by atoms with van der Waals surface area (Å²) in [5.74, 6) is 2.34. The molecule has 3 saturated carbocycles. The highest BCUT2D eigenvalue weighted by molar-refractivity contribution is 5.31. The Labute approximate surface area is 194 Å². The summed E-state index contributed by atoms with van der Waals surface area (Å²) in [7, 11) is 0. The van der Waals surface area contributed by atoms with E-state index in [2.05, 4.69) is 40.7 Å². The molecule has 0 spiro atoms. The second-order valence-corrected chi connectivity index (χ2v) is 13.3. The zero-order valence-corrected chi connectivity index (χ0v) is 21.1. The third kappa shape index (κ3) is 3.22. The van der Waals surface area contributed by atoms with Gasteiger partial charge in [-0.05, 0) is 98.2 Å². The summed E-state index contributed by atoms with van der Waals surface area (Å²) < 4.78 is 6.13. The van der Waals surface area contributed by atoms with Crippen molar-refractivity contribution in [2.75, 3.05) is 0 Å². The van der Waals surface area contributed by atoms with Gasteiger partial charge in [-0.3, -0.25) is 0 Å². The lowest BCUT2D eigenvalue weighted by Crippen LogP contribution is -2.55. The van der Waals surface area contributed by atoms with Crippen molar-refractivity contribution in [2.45, 2.75) is 117 Å². The molecule has 0 amide bonds. The van der Waals surface area contributed by atoms with Crippen LogP contribution in [0.25, 0.3) is 0 Å². The number of aliphatic hydroxyl groups excluding tert-OH is 2. The minimum absolute atomic E-state index is 0.0148. The topological polar surface area (TPSA) is 73.2 Å². The van der Waals surface area contributed by atoms with Crippen molar-refractivity contribution in [3.63, 3.8) is 0 Å². The van der Waals surface area contributed by atoms with Crippen LogP contribution >= 0.6 is 0 Å². The molecule has 1 heterocycles. The fourth-order valence-electron chi connectivity index (χ4n) is 9.08. The van der Waals surface area contributed by atoms with Gasteiger partial charge in [0.25, 0.3) is 0 Å². The number of aliphatic hydroxyl groups is 3. The largest absolute Gasteiger partial charge is 0.393 e. The van der Waals surface area contributed by atoms with Gasteiger partial charge >= 0.3 is 0 Å². The summed E-state index contributed by atoms with van der Waals surface area (Å²) in [6.45, 7) is 13.5. The van der Waals surface area contributed by atoms with Gasteiger partial charge in [0.05, 0.1) is 23.9 Å². The molecule has 0 radical (unpaired) electrons.